The third-order valence-corrected chi connectivity index (χ3v) is 2.26. The van der Waals surface area contributed by atoms with Crippen LogP contribution >= 0.6 is 0 Å². The number of aryl methyl sites for hydroxylation is 1. The van der Waals surface area contributed by atoms with Gasteiger partial charge in [-0.3, -0.25) is 0 Å². The van der Waals surface area contributed by atoms with Gasteiger partial charge in [0.1, 0.15) is 5.56 Å². The van der Waals surface area contributed by atoms with Crippen molar-refractivity contribution in [1.82, 2.24) is 0 Å². The minimum absolute atomic E-state index is 0.0278. The lowest BCUT2D eigenvalue weighted by atomic mass is 10.1. The molecule has 0 aliphatic carbocycles. The van der Waals surface area contributed by atoms with E-state index in [0.29, 0.717) is 0 Å². The van der Waals surface area contributed by atoms with Gasteiger partial charge in [0.25, 0.3) is 0 Å². The van der Waals surface area contributed by atoms with Crippen molar-refractivity contribution < 1.29 is 22.1 Å². The maximum Gasteiger partial charge on any atom is 0.341 e. The van der Waals surface area contributed by atoms with Gasteiger partial charge in [-0.15, -0.1) is 0 Å². The van der Waals surface area contributed by atoms with Crippen LogP contribution in [0.15, 0.2) is 18.2 Å². The van der Waals surface area contributed by atoms with E-state index in [4.69, 9.17) is 0 Å². The highest BCUT2D eigenvalue weighted by Crippen LogP contribution is 2.22. The van der Waals surface area contributed by atoms with E-state index >= 15 is 0 Å². The molecular formula is C12H18O5S. The quantitative estimate of drug-likeness (QED) is 0.624. The molecule has 0 saturated carbocycles. The highest BCUT2D eigenvalue weighted by Gasteiger charge is 2.16. The molecule has 0 N–H and O–H groups in total. The number of hydrogen-bond donors (Lipinski definition) is 0. The maximum atomic E-state index is 11.4. The lowest BCUT2D eigenvalue weighted by Crippen LogP contribution is -2.11. The minimum atomic E-state index is -3.66. The molecule has 0 atom stereocenters. The second-order valence-corrected chi connectivity index (χ2v) is 4.85. The Morgan fingerprint density at radius 3 is 2.22 bits per heavy atom. The fourth-order valence-electron chi connectivity index (χ4n) is 1.15. The predicted molar refractivity (Wildman–Crippen MR) is 69.3 cm³/mol. The largest absolute Gasteiger partial charge is 0.465 e. The van der Waals surface area contributed by atoms with Gasteiger partial charge in [0, 0.05) is 0 Å². The molecule has 0 spiro atoms. The first-order valence-electron chi connectivity index (χ1n) is 5.42. The highest BCUT2D eigenvalue weighted by molar-refractivity contribution is 7.86. The molecule has 5 nitrogen and oxygen atoms in total. The summed E-state index contributed by atoms with van der Waals surface area (Å²) in [6.07, 6.45) is 0.911. The Hall–Kier alpha value is -1.56. The third kappa shape index (κ3) is 5.18. The molecule has 1 aromatic rings. The summed E-state index contributed by atoms with van der Waals surface area (Å²) in [6.45, 7) is 5.77. The normalized spacial score (nSPS) is 10.1. The summed E-state index contributed by atoms with van der Waals surface area (Å²) in [7, 11) is -2.44. The molecule has 0 heterocycles. The van der Waals surface area contributed by atoms with E-state index in [1.807, 2.05) is 13.8 Å². The number of esters is 1. The van der Waals surface area contributed by atoms with E-state index in [-0.39, 0.29) is 11.3 Å². The Morgan fingerprint density at radius 1 is 1.22 bits per heavy atom. The Balaban J connectivity index is 0.00000137. The summed E-state index contributed by atoms with van der Waals surface area (Å²) in [5.41, 5.74) is 0.897. The van der Waals surface area contributed by atoms with E-state index in [0.717, 1.165) is 11.8 Å². The zero-order valence-corrected chi connectivity index (χ0v) is 12.0. The van der Waals surface area contributed by atoms with Crippen molar-refractivity contribution >= 4 is 16.1 Å². The van der Waals surface area contributed by atoms with E-state index in [9.17, 15) is 13.2 Å². The molecule has 0 unspecified atom stereocenters. The van der Waals surface area contributed by atoms with Crippen molar-refractivity contribution in [3.05, 3.63) is 29.3 Å². The smallest absolute Gasteiger partial charge is 0.341 e. The maximum absolute atomic E-state index is 11.4. The van der Waals surface area contributed by atoms with Gasteiger partial charge in [-0.05, 0) is 24.6 Å². The first-order valence-corrected chi connectivity index (χ1v) is 7.23. The molecule has 0 aliphatic rings. The fourth-order valence-corrected chi connectivity index (χ4v) is 1.62. The lowest BCUT2D eigenvalue weighted by Gasteiger charge is -2.08. The van der Waals surface area contributed by atoms with Crippen LogP contribution in [0.3, 0.4) is 0 Å². The Labute approximate surface area is 108 Å². The van der Waals surface area contributed by atoms with Crippen LogP contribution in [0, 0.1) is 6.92 Å². The topological polar surface area (TPSA) is 69.7 Å². The molecular weight excluding hydrogens is 256 g/mol. The SMILES string of the molecule is CC.COC(=O)c1cc(C)ccc1OS(C)(=O)=O. The highest BCUT2D eigenvalue weighted by atomic mass is 32.2. The van der Waals surface area contributed by atoms with Crippen molar-refractivity contribution in [3.8, 4) is 5.75 Å². The summed E-state index contributed by atoms with van der Waals surface area (Å²) in [5, 5.41) is 0. The van der Waals surface area contributed by atoms with E-state index in [1.54, 1.807) is 13.0 Å². The lowest BCUT2D eigenvalue weighted by molar-refractivity contribution is 0.0599. The number of methoxy groups -OCH3 is 1. The van der Waals surface area contributed by atoms with Gasteiger partial charge >= 0.3 is 16.1 Å². The first-order chi connectivity index (χ1) is 8.33. The Morgan fingerprint density at radius 2 is 1.78 bits per heavy atom. The van der Waals surface area contributed by atoms with E-state index < -0.39 is 16.1 Å². The van der Waals surface area contributed by atoms with Gasteiger partial charge in [0.15, 0.2) is 5.75 Å². The summed E-state index contributed by atoms with van der Waals surface area (Å²) in [6, 6.07) is 4.57. The monoisotopic (exact) mass is 274 g/mol. The number of ether oxygens (including phenoxy) is 1. The van der Waals surface area contributed by atoms with E-state index in [1.165, 1.54) is 19.2 Å². The van der Waals surface area contributed by atoms with Crippen molar-refractivity contribution in [3.63, 3.8) is 0 Å². The average molecular weight is 274 g/mol. The molecule has 0 bridgehead atoms. The molecule has 0 fully saturated rings. The van der Waals surface area contributed by atoms with Gasteiger partial charge in [0.2, 0.25) is 0 Å². The van der Waals surface area contributed by atoms with Crippen molar-refractivity contribution in [2.45, 2.75) is 20.8 Å². The van der Waals surface area contributed by atoms with Crippen molar-refractivity contribution in [1.29, 1.82) is 0 Å². The number of benzene rings is 1. The van der Waals surface area contributed by atoms with Gasteiger partial charge in [0.05, 0.1) is 13.4 Å². The molecule has 0 aliphatic heterocycles. The summed E-state index contributed by atoms with van der Waals surface area (Å²) in [5.74, 6) is -0.665. The predicted octanol–water partition coefficient (Wildman–Crippen LogP) is 2.15. The minimum Gasteiger partial charge on any atom is -0.465 e. The Kier molecular flexibility index (Phi) is 6.40. The summed E-state index contributed by atoms with van der Waals surface area (Å²) < 4.78 is 31.2. The first kappa shape index (κ1) is 16.4. The zero-order valence-electron chi connectivity index (χ0n) is 11.2. The van der Waals surface area contributed by atoms with Crippen molar-refractivity contribution in [2.24, 2.45) is 0 Å². The van der Waals surface area contributed by atoms with Crippen LogP contribution in [0.1, 0.15) is 29.8 Å². The van der Waals surface area contributed by atoms with Crippen LogP contribution in [0.4, 0.5) is 0 Å². The van der Waals surface area contributed by atoms with Gasteiger partial charge in [-0.2, -0.15) is 8.42 Å². The number of rotatable bonds is 3. The second kappa shape index (κ2) is 7.00. The van der Waals surface area contributed by atoms with Gasteiger partial charge < -0.3 is 8.92 Å². The fraction of sp³-hybridized carbons (Fsp3) is 0.417. The van der Waals surface area contributed by atoms with Crippen LogP contribution in [0.2, 0.25) is 0 Å². The molecule has 0 aromatic heterocycles. The standard InChI is InChI=1S/C10H12O5S.C2H6/c1-7-4-5-9(15-16(3,12)13)8(6-7)10(11)14-2;1-2/h4-6H,1-3H3;1-2H3. The molecule has 1 rings (SSSR count). The van der Waals surface area contributed by atoms with Crippen molar-refractivity contribution in [2.75, 3.05) is 13.4 Å². The average Bonchev–Trinajstić information content (AvgIpc) is 2.31. The molecule has 1 aromatic carbocycles. The second-order valence-electron chi connectivity index (χ2n) is 3.28. The van der Waals surface area contributed by atoms with Gasteiger partial charge in [-0.1, -0.05) is 19.9 Å². The van der Waals surface area contributed by atoms with Gasteiger partial charge in [-0.25, -0.2) is 4.79 Å². The van der Waals surface area contributed by atoms with Crippen LogP contribution in [0.5, 0.6) is 5.75 Å². The number of hydrogen-bond acceptors (Lipinski definition) is 5. The summed E-state index contributed by atoms with van der Waals surface area (Å²) >= 11 is 0. The summed E-state index contributed by atoms with van der Waals surface area (Å²) in [4.78, 5) is 11.4. The number of carbonyl (C=O) groups excluding carboxylic acids is 1. The van der Waals surface area contributed by atoms with Crippen LogP contribution in [-0.4, -0.2) is 27.8 Å². The number of carbonyl (C=O) groups is 1. The Bertz CT molecular complexity index is 505. The van der Waals surface area contributed by atoms with E-state index in [2.05, 4.69) is 8.92 Å². The van der Waals surface area contributed by atoms with Crippen LogP contribution in [-0.2, 0) is 14.9 Å². The molecule has 18 heavy (non-hydrogen) atoms. The molecule has 0 radical (unpaired) electrons. The van der Waals surface area contributed by atoms with Crippen LogP contribution < -0.4 is 4.18 Å². The van der Waals surface area contributed by atoms with Crippen LogP contribution in [0.25, 0.3) is 0 Å². The zero-order chi connectivity index (χ0) is 14.3. The molecule has 6 heteroatoms. The molecule has 0 amide bonds. The molecule has 0 saturated heterocycles. The molecule has 102 valence electrons. The third-order valence-electron chi connectivity index (χ3n) is 1.78.